The summed E-state index contributed by atoms with van der Waals surface area (Å²) in [7, 11) is 0. The third kappa shape index (κ3) is 3.53. The molecular formula is C13H21N3O3. The minimum Gasteiger partial charge on any atom is -0.465 e. The van der Waals surface area contributed by atoms with Crippen molar-refractivity contribution in [2.45, 2.75) is 52.1 Å². The molecule has 2 heterocycles. The molecule has 1 unspecified atom stereocenters. The van der Waals surface area contributed by atoms with Crippen molar-refractivity contribution in [1.29, 1.82) is 0 Å². The number of hydrogen-bond donors (Lipinski definition) is 0. The second kappa shape index (κ2) is 6.65. The number of aryl methyl sites for hydroxylation is 1. The molecule has 2 rings (SSSR count). The Morgan fingerprint density at radius 1 is 1.47 bits per heavy atom. The van der Waals surface area contributed by atoms with Crippen LogP contribution in [0.5, 0.6) is 0 Å². The standard InChI is InChI=1S/C13H21N3O3/c1-3-12-14-11(15-19-12)9-16-8-6-5-7-10(16)13(17)18-4-2/h10H,3-9H2,1-2H3. The number of aromatic nitrogens is 2. The minimum absolute atomic E-state index is 0.138. The van der Waals surface area contributed by atoms with Gasteiger partial charge in [0.25, 0.3) is 0 Å². The molecule has 6 nitrogen and oxygen atoms in total. The van der Waals surface area contributed by atoms with Crippen LogP contribution in [0, 0.1) is 0 Å². The molecule has 19 heavy (non-hydrogen) atoms. The Morgan fingerprint density at radius 3 is 3.00 bits per heavy atom. The average Bonchev–Trinajstić information content (AvgIpc) is 2.87. The monoisotopic (exact) mass is 267 g/mol. The number of nitrogens with zero attached hydrogens (tertiary/aromatic N) is 3. The number of carbonyl (C=O) groups is 1. The third-order valence-electron chi connectivity index (χ3n) is 3.33. The molecule has 1 fully saturated rings. The Bertz CT molecular complexity index is 419. The van der Waals surface area contributed by atoms with Crippen molar-refractivity contribution >= 4 is 5.97 Å². The van der Waals surface area contributed by atoms with Gasteiger partial charge >= 0.3 is 5.97 Å². The highest BCUT2D eigenvalue weighted by atomic mass is 16.5. The van der Waals surface area contributed by atoms with Crippen molar-refractivity contribution in [3.8, 4) is 0 Å². The van der Waals surface area contributed by atoms with E-state index < -0.39 is 0 Å². The van der Waals surface area contributed by atoms with Crippen LogP contribution in [0.25, 0.3) is 0 Å². The van der Waals surface area contributed by atoms with E-state index in [1.54, 1.807) is 0 Å². The Balaban J connectivity index is 2.00. The minimum atomic E-state index is -0.169. The predicted molar refractivity (Wildman–Crippen MR) is 68.4 cm³/mol. The van der Waals surface area contributed by atoms with E-state index in [0.29, 0.717) is 24.9 Å². The van der Waals surface area contributed by atoms with Gasteiger partial charge in [-0.2, -0.15) is 4.98 Å². The zero-order chi connectivity index (χ0) is 13.7. The molecule has 0 amide bonds. The van der Waals surface area contributed by atoms with Gasteiger partial charge in [0.1, 0.15) is 6.04 Å². The second-order valence-electron chi connectivity index (χ2n) is 4.69. The summed E-state index contributed by atoms with van der Waals surface area (Å²) < 4.78 is 10.2. The largest absolute Gasteiger partial charge is 0.465 e. The van der Waals surface area contributed by atoms with Gasteiger partial charge in [0.05, 0.1) is 13.2 Å². The molecule has 1 aromatic rings. The fourth-order valence-electron chi connectivity index (χ4n) is 2.37. The zero-order valence-electron chi connectivity index (χ0n) is 11.6. The van der Waals surface area contributed by atoms with Crippen LogP contribution < -0.4 is 0 Å². The first kappa shape index (κ1) is 14.0. The molecule has 6 heteroatoms. The molecule has 0 saturated carbocycles. The fourth-order valence-corrected chi connectivity index (χ4v) is 2.37. The van der Waals surface area contributed by atoms with Crippen molar-refractivity contribution in [2.24, 2.45) is 0 Å². The third-order valence-corrected chi connectivity index (χ3v) is 3.33. The molecule has 1 aliphatic rings. The lowest BCUT2D eigenvalue weighted by molar-refractivity contribution is -0.151. The highest BCUT2D eigenvalue weighted by Crippen LogP contribution is 2.20. The predicted octanol–water partition coefficient (Wildman–Crippen LogP) is 1.55. The number of ether oxygens (including phenoxy) is 1. The first-order valence-corrected chi connectivity index (χ1v) is 6.96. The van der Waals surface area contributed by atoms with Crippen LogP contribution in [0.3, 0.4) is 0 Å². The lowest BCUT2D eigenvalue weighted by atomic mass is 10.0. The quantitative estimate of drug-likeness (QED) is 0.754. The van der Waals surface area contributed by atoms with Crippen LogP contribution in [0.1, 0.15) is 44.8 Å². The van der Waals surface area contributed by atoms with E-state index >= 15 is 0 Å². The van der Waals surface area contributed by atoms with Crippen LogP contribution in [0.2, 0.25) is 0 Å². The molecule has 1 aromatic heterocycles. The van der Waals surface area contributed by atoms with Gasteiger partial charge in [0.15, 0.2) is 5.82 Å². The summed E-state index contributed by atoms with van der Waals surface area (Å²) in [6, 6.07) is -0.169. The van der Waals surface area contributed by atoms with Crippen molar-refractivity contribution in [3.63, 3.8) is 0 Å². The lowest BCUT2D eigenvalue weighted by Gasteiger charge is -2.32. The Morgan fingerprint density at radius 2 is 2.32 bits per heavy atom. The molecule has 0 spiro atoms. The maximum atomic E-state index is 11.9. The van der Waals surface area contributed by atoms with Crippen LogP contribution in [0.4, 0.5) is 0 Å². The van der Waals surface area contributed by atoms with E-state index in [1.165, 1.54) is 0 Å². The molecule has 0 aliphatic carbocycles. The van der Waals surface area contributed by atoms with Gasteiger partial charge in [0, 0.05) is 6.42 Å². The van der Waals surface area contributed by atoms with Crippen LogP contribution in [0.15, 0.2) is 4.52 Å². The van der Waals surface area contributed by atoms with Gasteiger partial charge in [-0.15, -0.1) is 0 Å². The first-order chi connectivity index (χ1) is 9.24. The van der Waals surface area contributed by atoms with E-state index in [2.05, 4.69) is 15.0 Å². The Kier molecular flexibility index (Phi) is 4.90. The Hall–Kier alpha value is -1.43. The molecule has 0 bridgehead atoms. The fraction of sp³-hybridized carbons (Fsp3) is 0.769. The molecule has 1 aliphatic heterocycles. The smallest absolute Gasteiger partial charge is 0.323 e. The summed E-state index contributed by atoms with van der Waals surface area (Å²) in [5.41, 5.74) is 0. The van der Waals surface area contributed by atoms with Crippen LogP contribution >= 0.6 is 0 Å². The highest BCUT2D eigenvalue weighted by Gasteiger charge is 2.30. The van der Waals surface area contributed by atoms with Crippen LogP contribution in [-0.4, -0.2) is 40.2 Å². The summed E-state index contributed by atoms with van der Waals surface area (Å²) in [4.78, 5) is 18.3. The zero-order valence-corrected chi connectivity index (χ0v) is 11.6. The van der Waals surface area contributed by atoms with Crippen LogP contribution in [-0.2, 0) is 22.5 Å². The average molecular weight is 267 g/mol. The number of rotatable bonds is 5. The summed E-state index contributed by atoms with van der Waals surface area (Å²) in [6.45, 7) is 5.65. The maximum absolute atomic E-state index is 11.9. The summed E-state index contributed by atoms with van der Waals surface area (Å²) >= 11 is 0. The van der Waals surface area contributed by atoms with Crippen molar-refractivity contribution in [1.82, 2.24) is 15.0 Å². The normalized spacial score (nSPS) is 20.4. The molecule has 1 atom stereocenters. The van der Waals surface area contributed by atoms with E-state index in [4.69, 9.17) is 9.26 Å². The summed E-state index contributed by atoms with van der Waals surface area (Å²) in [5, 5.41) is 3.94. The maximum Gasteiger partial charge on any atom is 0.323 e. The van der Waals surface area contributed by atoms with Gasteiger partial charge in [0.2, 0.25) is 5.89 Å². The van der Waals surface area contributed by atoms with Gasteiger partial charge in [-0.25, -0.2) is 0 Å². The van der Waals surface area contributed by atoms with E-state index in [1.807, 2.05) is 13.8 Å². The van der Waals surface area contributed by atoms with Crippen molar-refractivity contribution in [3.05, 3.63) is 11.7 Å². The van der Waals surface area contributed by atoms with Gasteiger partial charge in [-0.1, -0.05) is 18.5 Å². The highest BCUT2D eigenvalue weighted by molar-refractivity contribution is 5.75. The van der Waals surface area contributed by atoms with Crippen molar-refractivity contribution in [2.75, 3.05) is 13.2 Å². The molecule has 0 N–H and O–H groups in total. The number of piperidine rings is 1. The lowest BCUT2D eigenvalue weighted by Crippen LogP contribution is -2.45. The molecule has 1 saturated heterocycles. The number of esters is 1. The van der Waals surface area contributed by atoms with Gasteiger partial charge in [-0.3, -0.25) is 9.69 Å². The number of likely N-dealkylation sites (tertiary alicyclic amines) is 1. The van der Waals surface area contributed by atoms with E-state index in [0.717, 1.165) is 32.2 Å². The van der Waals surface area contributed by atoms with Crippen molar-refractivity contribution < 1.29 is 14.1 Å². The second-order valence-corrected chi connectivity index (χ2v) is 4.69. The number of hydrogen-bond acceptors (Lipinski definition) is 6. The van der Waals surface area contributed by atoms with E-state index in [9.17, 15) is 4.79 Å². The topological polar surface area (TPSA) is 68.5 Å². The number of carbonyl (C=O) groups excluding carboxylic acids is 1. The molecule has 106 valence electrons. The first-order valence-electron chi connectivity index (χ1n) is 6.96. The molecule has 0 aromatic carbocycles. The van der Waals surface area contributed by atoms with E-state index in [-0.39, 0.29) is 12.0 Å². The summed E-state index contributed by atoms with van der Waals surface area (Å²) in [5.74, 6) is 1.15. The Labute approximate surface area is 113 Å². The summed E-state index contributed by atoms with van der Waals surface area (Å²) in [6.07, 6.45) is 3.73. The van der Waals surface area contributed by atoms with Gasteiger partial charge in [-0.05, 0) is 26.3 Å². The SMILES string of the molecule is CCOC(=O)C1CCCCN1Cc1noc(CC)n1. The molecule has 0 radical (unpaired) electrons. The van der Waals surface area contributed by atoms with Gasteiger partial charge < -0.3 is 9.26 Å². The molecular weight excluding hydrogens is 246 g/mol.